The van der Waals surface area contributed by atoms with Gasteiger partial charge in [-0.3, -0.25) is 0 Å². The van der Waals surface area contributed by atoms with E-state index in [-0.39, 0.29) is 6.04 Å². The third kappa shape index (κ3) is 4.00. The highest BCUT2D eigenvalue weighted by molar-refractivity contribution is 5.37. The standard InChI is InChI=1S/C17H21NO2/c1-3-11-19-15-7-9-16(10-8-15)20-17-6-4-5-14(12-17)13(2)18/h4-10,12-13H,3,11,18H2,1-2H3. The van der Waals surface area contributed by atoms with Gasteiger partial charge in [0, 0.05) is 6.04 Å². The maximum absolute atomic E-state index is 5.87. The molecule has 3 heteroatoms. The lowest BCUT2D eigenvalue weighted by Crippen LogP contribution is -2.04. The van der Waals surface area contributed by atoms with E-state index in [1.165, 1.54) is 0 Å². The van der Waals surface area contributed by atoms with Crippen molar-refractivity contribution in [1.29, 1.82) is 0 Å². The predicted molar refractivity (Wildman–Crippen MR) is 81.3 cm³/mol. The van der Waals surface area contributed by atoms with Crippen molar-refractivity contribution in [3.63, 3.8) is 0 Å². The van der Waals surface area contributed by atoms with Crippen LogP contribution in [0.3, 0.4) is 0 Å². The van der Waals surface area contributed by atoms with Gasteiger partial charge in [0.2, 0.25) is 0 Å². The molecule has 0 aromatic heterocycles. The third-order valence-corrected chi connectivity index (χ3v) is 2.92. The molecule has 106 valence electrons. The molecular weight excluding hydrogens is 250 g/mol. The maximum atomic E-state index is 5.87. The summed E-state index contributed by atoms with van der Waals surface area (Å²) in [5.41, 5.74) is 6.93. The lowest BCUT2D eigenvalue weighted by atomic mass is 10.1. The molecule has 0 aliphatic carbocycles. The minimum absolute atomic E-state index is 0.00312. The molecule has 2 N–H and O–H groups in total. The van der Waals surface area contributed by atoms with Crippen molar-refractivity contribution in [2.75, 3.05) is 6.61 Å². The average Bonchev–Trinajstić information content (AvgIpc) is 2.47. The zero-order valence-corrected chi connectivity index (χ0v) is 12.0. The van der Waals surface area contributed by atoms with E-state index in [1.807, 2.05) is 55.5 Å². The summed E-state index contributed by atoms with van der Waals surface area (Å²) >= 11 is 0. The molecule has 2 aromatic rings. The van der Waals surface area contributed by atoms with Gasteiger partial charge in [-0.25, -0.2) is 0 Å². The van der Waals surface area contributed by atoms with Gasteiger partial charge in [-0.15, -0.1) is 0 Å². The van der Waals surface area contributed by atoms with Crippen LogP contribution in [-0.4, -0.2) is 6.61 Å². The van der Waals surface area contributed by atoms with Gasteiger partial charge in [0.25, 0.3) is 0 Å². The second-order valence-electron chi connectivity index (χ2n) is 4.78. The van der Waals surface area contributed by atoms with E-state index < -0.39 is 0 Å². The number of ether oxygens (including phenoxy) is 2. The molecule has 2 aromatic carbocycles. The van der Waals surface area contributed by atoms with E-state index in [0.29, 0.717) is 0 Å². The van der Waals surface area contributed by atoms with Gasteiger partial charge in [0.05, 0.1) is 6.61 Å². The second-order valence-corrected chi connectivity index (χ2v) is 4.78. The normalized spacial score (nSPS) is 11.9. The fourth-order valence-electron chi connectivity index (χ4n) is 1.82. The van der Waals surface area contributed by atoms with Crippen molar-refractivity contribution in [2.45, 2.75) is 26.3 Å². The van der Waals surface area contributed by atoms with Crippen LogP contribution in [0.1, 0.15) is 31.9 Å². The molecule has 3 nitrogen and oxygen atoms in total. The molecule has 1 atom stereocenters. The third-order valence-electron chi connectivity index (χ3n) is 2.92. The van der Waals surface area contributed by atoms with E-state index in [2.05, 4.69) is 6.92 Å². The van der Waals surface area contributed by atoms with E-state index in [0.717, 1.165) is 35.8 Å². The summed E-state index contributed by atoms with van der Waals surface area (Å²) in [4.78, 5) is 0. The maximum Gasteiger partial charge on any atom is 0.127 e. The Kier molecular flexibility index (Phi) is 5.02. The fraction of sp³-hybridized carbons (Fsp3) is 0.294. The molecule has 0 bridgehead atoms. The van der Waals surface area contributed by atoms with Gasteiger partial charge in [0.1, 0.15) is 17.2 Å². The van der Waals surface area contributed by atoms with E-state index in [1.54, 1.807) is 0 Å². The monoisotopic (exact) mass is 271 g/mol. The lowest BCUT2D eigenvalue weighted by molar-refractivity contribution is 0.317. The summed E-state index contributed by atoms with van der Waals surface area (Å²) in [6.07, 6.45) is 1.00. The lowest BCUT2D eigenvalue weighted by Gasteiger charge is -2.10. The molecule has 20 heavy (non-hydrogen) atoms. The number of rotatable bonds is 6. The summed E-state index contributed by atoms with van der Waals surface area (Å²) in [5, 5.41) is 0. The Hall–Kier alpha value is -2.00. The number of hydrogen-bond donors (Lipinski definition) is 1. The Morgan fingerprint density at radius 3 is 2.35 bits per heavy atom. The summed E-state index contributed by atoms with van der Waals surface area (Å²) in [6, 6.07) is 15.5. The number of hydrogen-bond acceptors (Lipinski definition) is 3. The summed E-state index contributed by atoms with van der Waals surface area (Å²) in [5.74, 6) is 2.45. The van der Waals surface area contributed by atoms with E-state index in [9.17, 15) is 0 Å². The van der Waals surface area contributed by atoms with Gasteiger partial charge >= 0.3 is 0 Å². The van der Waals surface area contributed by atoms with Crippen LogP contribution in [0.15, 0.2) is 48.5 Å². The molecule has 0 radical (unpaired) electrons. The first kappa shape index (κ1) is 14.4. The smallest absolute Gasteiger partial charge is 0.127 e. The first-order chi connectivity index (χ1) is 9.69. The van der Waals surface area contributed by atoms with E-state index >= 15 is 0 Å². The first-order valence-corrected chi connectivity index (χ1v) is 6.95. The molecule has 0 amide bonds. The van der Waals surface area contributed by atoms with Gasteiger partial charge in [-0.05, 0) is 55.3 Å². The zero-order valence-electron chi connectivity index (χ0n) is 12.0. The molecule has 0 heterocycles. The molecule has 2 rings (SSSR count). The van der Waals surface area contributed by atoms with Gasteiger partial charge in [-0.1, -0.05) is 19.1 Å². The van der Waals surface area contributed by atoms with Gasteiger partial charge in [-0.2, -0.15) is 0 Å². The summed E-state index contributed by atoms with van der Waals surface area (Å²) in [6.45, 7) is 4.78. The van der Waals surface area contributed by atoms with Crippen LogP contribution in [0.4, 0.5) is 0 Å². The topological polar surface area (TPSA) is 44.5 Å². The molecule has 0 saturated heterocycles. The molecule has 0 aliphatic heterocycles. The van der Waals surface area contributed by atoms with Gasteiger partial charge < -0.3 is 15.2 Å². The largest absolute Gasteiger partial charge is 0.494 e. The van der Waals surface area contributed by atoms with Crippen LogP contribution in [-0.2, 0) is 0 Å². The molecule has 0 aliphatic rings. The SMILES string of the molecule is CCCOc1ccc(Oc2cccc(C(C)N)c2)cc1. The van der Waals surface area contributed by atoms with Crippen LogP contribution >= 0.6 is 0 Å². The van der Waals surface area contributed by atoms with Crippen LogP contribution in [0.2, 0.25) is 0 Å². The average molecular weight is 271 g/mol. The Labute approximate surface area is 120 Å². The van der Waals surface area contributed by atoms with Crippen molar-refractivity contribution >= 4 is 0 Å². The first-order valence-electron chi connectivity index (χ1n) is 6.95. The molecule has 1 unspecified atom stereocenters. The minimum atomic E-state index is 0.00312. The summed E-state index contributed by atoms with van der Waals surface area (Å²) in [7, 11) is 0. The van der Waals surface area contributed by atoms with Crippen LogP contribution in [0.25, 0.3) is 0 Å². The fourth-order valence-corrected chi connectivity index (χ4v) is 1.82. The quantitative estimate of drug-likeness (QED) is 0.852. The van der Waals surface area contributed by atoms with Crippen molar-refractivity contribution in [2.24, 2.45) is 5.73 Å². The summed E-state index contributed by atoms with van der Waals surface area (Å²) < 4.78 is 11.4. The Balaban J connectivity index is 2.04. The molecule has 0 saturated carbocycles. The van der Waals surface area contributed by atoms with Crippen molar-refractivity contribution in [3.05, 3.63) is 54.1 Å². The van der Waals surface area contributed by atoms with Crippen LogP contribution in [0.5, 0.6) is 17.2 Å². The van der Waals surface area contributed by atoms with Crippen LogP contribution in [0, 0.1) is 0 Å². The molecule has 0 fully saturated rings. The zero-order chi connectivity index (χ0) is 14.4. The van der Waals surface area contributed by atoms with Gasteiger partial charge in [0.15, 0.2) is 0 Å². The Morgan fingerprint density at radius 1 is 1.00 bits per heavy atom. The predicted octanol–water partition coefficient (Wildman–Crippen LogP) is 4.29. The molecular formula is C17H21NO2. The highest BCUT2D eigenvalue weighted by Crippen LogP contribution is 2.25. The van der Waals surface area contributed by atoms with Crippen molar-refractivity contribution < 1.29 is 9.47 Å². The number of benzene rings is 2. The highest BCUT2D eigenvalue weighted by atomic mass is 16.5. The second kappa shape index (κ2) is 6.96. The van der Waals surface area contributed by atoms with Crippen LogP contribution < -0.4 is 15.2 Å². The van der Waals surface area contributed by atoms with E-state index in [4.69, 9.17) is 15.2 Å². The van der Waals surface area contributed by atoms with Crippen molar-refractivity contribution in [1.82, 2.24) is 0 Å². The Bertz CT molecular complexity index is 535. The molecule has 0 spiro atoms. The minimum Gasteiger partial charge on any atom is -0.494 e. The highest BCUT2D eigenvalue weighted by Gasteiger charge is 2.03. The van der Waals surface area contributed by atoms with Crippen molar-refractivity contribution in [3.8, 4) is 17.2 Å². The number of nitrogens with two attached hydrogens (primary N) is 1. The Morgan fingerprint density at radius 2 is 1.70 bits per heavy atom.